The van der Waals surface area contributed by atoms with Crippen LogP contribution < -0.4 is 5.32 Å². The van der Waals surface area contributed by atoms with Gasteiger partial charge in [0.25, 0.3) is 11.8 Å². The van der Waals surface area contributed by atoms with Crippen molar-refractivity contribution in [2.75, 3.05) is 0 Å². The van der Waals surface area contributed by atoms with E-state index >= 15 is 0 Å². The molecule has 2 heterocycles. The number of carbonyl (C=O) groups excluding carboxylic acids is 2. The van der Waals surface area contributed by atoms with Gasteiger partial charge in [-0.15, -0.1) is 0 Å². The van der Waals surface area contributed by atoms with Crippen LogP contribution in [0.2, 0.25) is 0 Å². The number of rotatable bonds is 5. The average Bonchev–Trinajstić information content (AvgIpc) is 2.96. The average molecular weight is 369 g/mol. The van der Waals surface area contributed by atoms with E-state index in [1.165, 1.54) is 4.90 Å². The third-order valence-electron chi connectivity index (χ3n) is 4.75. The van der Waals surface area contributed by atoms with Crippen LogP contribution in [0.3, 0.4) is 0 Å². The van der Waals surface area contributed by atoms with Crippen LogP contribution in [-0.2, 0) is 16.1 Å². The van der Waals surface area contributed by atoms with Gasteiger partial charge in [0.1, 0.15) is 5.57 Å². The number of fused-ring (bicyclic) bond motifs is 1. The van der Waals surface area contributed by atoms with Gasteiger partial charge < -0.3 is 4.57 Å². The number of para-hydroxylation sites is 1. The van der Waals surface area contributed by atoms with E-state index < -0.39 is 5.91 Å². The van der Waals surface area contributed by atoms with Crippen molar-refractivity contribution in [1.82, 2.24) is 14.8 Å². The second-order valence-electron chi connectivity index (χ2n) is 6.54. The summed E-state index contributed by atoms with van der Waals surface area (Å²) in [7, 11) is 0. The highest BCUT2D eigenvalue weighted by Crippen LogP contribution is 2.25. The molecule has 1 saturated heterocycles. The van der Waals surface area contributed by atoms with Crippen molar-refractivity contribution in [3.8, 4) is 0 Å². The number of carbonyl (C=O) groups is 2. The maximum Gasteiger partial charge on any atom is 0.265 e. The van der Waals surface area contributed by atoms with Gasteiger partial charge >= 0.3 is 0 Å². The second-order valence-corrected chi connectivity index (χ2v) is 6.93. The van der Waals surface area contributed by atoms with Gasteiger partial charge in [0.15, 0.2) is 5.11 Å². The number of hydrogen-bond donors (Lipinski definition) is 1. The van der Waals surface area contributed by atoms with E-state index in [1.807, 2.05) is 38.2 Å². The molecule has 0 bridgehead atoms. The molecule has 1 N–H and O–H groups in total. The first-order valence-electron chi connectivity index (χ1n) is 8.96. The minimum absolute atomic E-state index is 0.0690. The maximum absolute atomic E-state index is 12.9. The van der Waals surface area contributed by atoms with E-state index in [-0.39, 0.29) is 22.6 Å². The highest BCUT2D eigenvalue weighted by molar-refractivity contribution is 7.80. The molecule has 0 unspecified atom stereocenters. The van der Waals surface area contributed by atoms with Crippen molar-refractivity contribution >= 4 is 46.1 Å². The number of amides is 2. The molecular formula is C20H23N3O2S. The van der Waals surface area contributed by atoms with E-state index in [9.17, 15) is 9.59 Å². The molecule has 5 nitrogen and oxygen atoms in total. The zero-order valence-electron chi connectivity index (χ0n) is 15.3. The van der Waals surface area contributed by atoms with Crippen LogP contribution in [0.15, 0.2) is 36.0 Å². The number of aromatic nitrogens is 1. The standard InChI is InChI=1S/C20H23N3O2S/c1-4-10-22-12-14(15-8-6-7-9-17(15)22)11-16-18(24)21-20(26)23(19(16)25)13(3)5-2/h6-9,11-13H,4-5,10H2,1-3H3,(H,21,24,26)/b16-11-/t13-/m1/s1. The summed E-state index contributed by atoms with van der Waals surface area (Å²) in [6, 6.07) is 7.95. The molecule has 2 amide bonds. The Morgan fingerprint density at radius 3 is 2.65 bits per heavy atom. The van der Waals surface area contributed by atoms with Gasteiger partial charge in [0.05, 0.1) is 0 Å². The molecule has 0 saturated carbocycles. The number of nitrogens with one attached hydrogen (secondary N) is 1. The number of aryl methyl sites for hydroxylation is 1. The van der Waals surface area contributed by atoms with Gasteiger partial charge in [-0.2, -0.15) is 0 Å². The van der Waals surface area contributed by atoms with E-state index in [2.05, 4.69) is 22.9 Å². The van der Waals surface area contributed by atoms with Gasteiger partial charge in [-0.3, -0.25) is 19.8 Å². The van der Waals surface area contributed by atoms with Crippen LogP contribution in [-0.4, -0.2) is 32.4 Å². The molecule has 2 aromatic rings. The van der Waals surface area contributed by atoms with Crippen LogP contribution in [0.25, 0.3) is 17.0 Å². The third kappa shape index (κ3) is 3.17. The first-order valence-corrected chi connectivity index (χ1v) is 9.37. The zero-order valence-corrected chi connectivity index (χ0v) is 16.1. The monoisotopic (exact) mass is 369 g/mol. The topological polar surface area (TPSA) is 54.3 Å². The molecule has 6 heteroatoms. The Balaban J connectivity index is 2.08. The summed E-state index contributed by atoms with van der Waals surface area (Å²) in [5, 5.41) is 3.85. The fraction of sp³-hybridized carbons (Fsp3) is 0.350. The molecule has 0 spiro atoms. The van der Waals surface area contributed by atoms with Crippen molar-refractivity contribution < 1.29 is 9.59 Å². The van der Waals surface area contributed by atoms with Crippen LogP contribution >= 0.6 is 12.2 Å². The molecule has 1 aromatic heterocycles. The number of benzene rings is 1. The van der Waals surface area contributed by atoms with Crippen molar-refractivity contribution in [3.63, 3.8) is 0 Å². The fourth-order valence-electron chi connectivity index (χ4n) is 3.23. The Labute approximate surface area is 158 Å². The highest BCUT2D eigenvalue weighted by Gasteiger charge is 2.35. The zero-order chi connectivity index (χ0) is 18.8. The molecule has 136 valence electrons. The number of hydrogen-bond acceptors (Lipinski definition) is 3. The summed E-state index contributed by atoms with van der Waals surface area (Å²) >= 11 is 5.20. The predicted molar refractivity (Wildman–Crippen MR) is 108 cm³/mol. The highest BCUT2D eigenvalue weighted by atomic mass is 32.1. The fourth-order valence-corrected chi connectivity index (χ4v) is 3.58. The summed E-state index contributed by atoms with van der Waals surface area (Å²) in [5.74, 6) is -0.771. The number of thiocarbonyl (C=S) groups is 1. The van der Waals surface area contributed by atoms with E-state index in [4.69, 9.17) is 12.2 Å². The van der Waals surface area contributed by atoms with Crippen LogP contribution in [0.1, 0.15) is 39.2 Å². The Morgan fingerprint density at radius 2 is 1.96 bits per heavy atom. The Hall–Kier alpha value is -2.47. The van der Waals surface area contributed by atoms with Crippen molar-refractivity contribution in [2.24, 2.45) is 0 Å². The van der Waals surface area contributed by atoms with Crippen LogP contribution in [0.5, 0.6) is 0 Å². The minimum Gasteiger partial charge on any atom is -0.347 e. The first-order chi connectivity index (χ1) is 12.5. The molecule has 1 aromatic carbocycles. The summed E-state index contributed by atoms with van der Waals surface area (Å²) in [6.07, 6.45) is 5.44. The lowest BCUT2D eigenvalue weighted by Gasteiger charge is -2.33. The van der Waals surface area contributed by atoms with Gasteiger partial charge in [0, 0.05) is 35.2 Å². The Kier molecular flexibility index (Phi) is 5.23. The smallest absolute Gasteiger partial charge is 0.265 e. The molecule has 1 atom stereocenters. The first kappa shape index (κ1) is 18.3. The summed E-state index contributed by atoms with van der Waals surface area (Å²) in [4.78, 5) is 26.8. The van der Waals surface area contributed by atoms with Gasteiger partial charge in [-0.05, 0) is 44.1 Å². The summed E-state index contributed by atoms with van der Waals surface area (Å²) in [6.45, 7) is 6.91. The number of nitrogens with zero attached hydrogens (tertiary/aromatic N) is 2. The van der Waals surface area contributed by atoms with Crippen LogP contribution in [0.4, 0.5) is 0 Å². The van der Waals surface area contributed by atoms with Crippen molar-refractivity contribution in [3.05, 3.63) is 41.6 Å². The summed E-state index contributed by atoms with van der Waals surface area (Å²) in [5.41, 5.74) is 2.09. The molecule has 26 heavy (non-hydrogen) atoms. The second kappa shape index (κ2) is 7.41. The third-order valence-corrected chi connectivity index (χ3v) is 5.05. The molecule has 1 fully saturated rings. The van der Waals surface area contributed by atoms with Crippen LogP contribution in [0, 0.1) is 0 Å². The minimum atomic E-state index is -0.438. The summed E-state index contributed by atoms with van der Waals surface area (Å²) < 4.78 is 2.16. The quantitative estimate of drug-likeness (QED) is 0.499. The van der Waals surface area contributed by atoms with Gasteiger partial charge in [0.2, 0.25) is 0 Å². The van der Waals surface area contributed by atoms with Gasteiger partial charge in [-0.25, -0.2) is 0 Å². The molecule has 3 rings (SSSR count). The van der Waals surface area contributed by atoms with Gasteiger partial charge in [-0.1, -0.05) is 32.0 Å². The normalized spacial score (nSPS) is 17.9. The Morgan fingerprint density at radius 1 is 1.23 bits per heavy atom. The molecular weight excluding hydrogens is 346 g/mol. The van der Waals surface area contributed by atoms with E-state index in [1.54, 1.807) is 6.08 Å². The maximum atomic E-state index is 12.9. The molecule has 0 radical (unpaired) electrons. The predicted octanol–water partition coefficient (Wildman–Crippen LogP) is 3.48. The molecule has 0 aliphatic carbocycles. The largest absolute Gasteiger partial charge is 0.347 e. The van der Waals surface area contributed by atoms with Crippen molar-refractivity contribution in [1.29, 1.82) is 0 Å². The van der Waals surface area contributed by atoms with E-state index in [0.717, 1.165) is 35.9 Å². The van der Waals surface area contributed by atoms with Crippen molar-refractivity contribution in [2.45, 2.75) is 46.2 Å². The SMILES string of the molecule is CCCn1cc(/C=C2/C(=O)NC(=S)N([C@H](C)CC)C2=O)c2ccccc21. The lowest BCUT2D eigenvalue weighted by Crippen LogP contribution is -2.56. The van der Waals surface area contributed by atoms with E-state index in [0.29, 0.717) is 0 Å². The molecule has 1 aliphatic heterocycles. The molecule has 1 aliphatic rings. The Bertz CT molecular complexity index is 913. The lowest BCUT2D eigenvalue weighted by atomic mass is 10.1. The lowest BCUT2D eigenvalue weighted by molar-refractivity contribution is -0.130.